The molecule has 2 atom stereocenters. The second kappa shape index (κ2) is 7.60. The van der Waals surface area contributed by atoms with Gasteiger partial charge in [0.25, 0.3) is 0 Å². The van der Waals surface area contributed by atoms with E-state index in [0.717, 1.165) is 13.0 Å². The Bertz CT molecular complexity index is 210. The van der Waals surface area contributed by atoms with E-state index in [0.29, 0.717) is 26.4 Å². The van der Waals surface area contributed by atoms with Crippen molar-refractivity contribution in [2.45, 2.75) is 19.4 Å². The van der Waals surface area contributed by atoms with Gasteiger partial charge in [-0.2, -0.15) is 0 Å². The van der Waals surface area contributed by atoms with Crippen LogP contribution in [0.15, 0.2) is 0 Å². The zero-order valence-corrected chi connectivity index (χ0v) is 10.0. The lowest BCUT2D eigenvalue weighted by atomic mass is 10.0. The molecule has 2 unspecified atom stereocenters. The molecule has 0 aromatic heterocycles. The van der Waals surface area contributed by atoms with Gasteiger partial charge in [0.1, 0.15) is 6.61 Å². The zero-order chi connectivity index (χ0) is 11.8. The number of rotatable bonds is 7. The summed E-state index contributed by atoms with van der Waals surface area (Å²) < 4.78 is 15.2. The third-order valence-electron chi connectivity index (χ3n) is 2.73. The molecule has 0 aliphatic carbocycles. The SMILES string of the molecule is COCCOCCOC(=O)C1CCNC1C. The maximum absolute atomic E-state index is 11.6. The van der Waals surface area contributed by atoms with Crippen LogP contribution in [0.3, 0.4) is 0 Å². The average Bonchev–Trinajstić information content (AvgIpc) is 2.69. The topological polar surface area (TPSA) is 56.8 Å². The van der Waals surface area contributed by atoms with Crippen molar-refractivity contribution in [3.05, 3.63) is 0 Å². The minimum absolute atomic E-state index is 0.000949. The predicted molar refractivity (Wildman–Crippen MR) is 59.2 cm³/mol. The molecule has 1 aliphatic rings. The largest absolute Gasteiger partial charge is 0.463 e. The lowest BCUT2D eigenvalue weighted by molar-refractivity contribution is -0.150. The van der Waals surface area contributed by atoms with E-state index in [1.807, 2.05) is 6.92 Å². The van der Waals surface area contributed by atoms with Gasteiger partial charge in [0, 0.05) is 13.2 Å². The molecule has 94 valence electrons. The summed E-state index contributed by atoms with van der Waals surface area (Å²) in [5.74, 6) is -0.119. The van der Waals surface area contributed by atoms with Crippen LogP contribution in [0.4, 0.5) is 0 Å². The number of carbonyl (C=O) groups is 1. The van der Waals surface area contributed by atoms with Gasteiger partial charge in [-0.25, -0.2) is 0 Å². The van der Waals surface area contributed by atoms with Crippen molar-refractivity contribution in [1.29, 1.82) is 0 Å². The average molecular weight is 231 g/mol. The van der Waals surface area contributed by atoms with Gasteiger partial charge in [-0.1, -0.05) is 0 Å². The van der Waals surface area contributed by atoms with Gasteiger partial charge in [0.15, 0.2) is 0 Å². The van der Waals surface area contributed by atoms with E-state index < -0.39 is 0 Å². The molecule has 0 aromatic carbocycles. The molecule has 0 amide bonds. The Kier molecular flexibility index (Phi) is 6.37. The minimum atomic E-state index is -0.118. The van der Waals surface area contributed by atoms with Crippen LogP contribution >= 0.6 is 0 Å². The molecule has 1 rings (SSSR count). The minimum Gasteiger partial charge on any atom is -0.463 e. The van der Waals surface area contributed by atoms with Crippen molar-refractivity contribution in [3.8, 4) is 0 Å². The normalized spacial score (nSPS) is 24.6. The summed E-state index contributed by atoms with van der Waals surface area (Å²) >= 11 is 0. The molecular weight excluding hydrogens is 210 g/mol. The van der Waals surface area contributed by atoms with Crippen LogP contribution in [0.1, 0.15) is 13.3 Å². The molecule has 1 aliphatic heterocycles. The summed E-state index contributed by atoms with van der Waals surface area (Å²) in [6.07, 6.45) is 0.866. The van der Waals surface area contributed by atoms with Gasteiger partial charge in [0.2, 0.25) is 0 Å². The molecule has 0 aromatic rings. The first kappa shape index (κ1) is 13.4. The Morgan fingerprint density at radius 2 is 2.06 bits per heavy atom. The predicted octanol–water partition coefficient (Wildman–Crippen LogP) is 0.191. The molecule has 5 heteroatoms. The van der Waals surface area contributed by atoms with Crippen LogP contribution in [0.25, 0.3) is 0 Å². The standard InChI is InChI=1S/C11H21NO4/c1-9-10(3-4-12-9)11(13)16-8-7-15-6-5-14-2/h9-10,12H,3-8H2,1-2H3. The van der Waals surface area contributed by atoms with Gasteiger partial charge >= 0.3 is 5.97 Å². The van der Waals surface area contributed by atoms with Gasteiger partial charge in [-0.05, 0) is 19.9 Å². The number of ether oxygens (including phenoxy) is 3. The van der Waals surface area contributed by atoms with E-state index in [1.54, 1.807) is 7.11 Å². The molecule has 0 spiro atoms. The molecule has 1 saturated heterocycles. The Labute approximate surface area is 96.4 Å². The van der Waals surface area contributed by atoms with Crippen LogP contribution in [0, 0.1) is 5.92 Å². The fraction of sp³-hybridized carbons (Fsp3) is 0.909. The van der Waals surface area contributed by atoms with Crippen molar-refractivity contribution in [2.24, 2.45) is 5.92 Å². The third kappa shape index (κ3) is 4.47. The quantitative estimate of drug-likeness (QED) is 0.501. The van der Waals surface area contributed by atoms with Crippen molar-refractivity contribution in [1.82, 2.24) is 5.32 Å². The summed E-state index contributed by atoms with van der Waals surface area (Å²) in [6.45, 7) is 4.77. The van der Waals surface area contributed by atoms with Crippen molar-refractivity contribution < 1.29 is 19.0 Å². The Balaban J connectivity index is 2.02. The summed E-state index contributed by atoms with van der Waals surface area (Å²) in [4.78, 5) is 11.6. The second-order valence-electron chi connectivity index (χ2n) is 3.91. The molecule has 5 nitrogen and oxygen atoms in total. The number of methoxy groups -OCH3 is 1. The molecule has 1 N–H and O–H groups in total. The first-order valence-corrected chi connectivity index (χ1v) is 5.72. The highest BCUT2D eigenvalue weighted by Crippen LogP contribution is 2.16. The van der Waals surface area contributed by atoms with E-state index in [2.05, 4.69) is 5.32 Å². The highest BCUT2D eigenvalue weighted by molar-refractivity contribution is 5.73. The monoisotopic (exact) mass is 231 g/mol. The molecule has 16 heavy (non-hydrogen) atoms. The maximum atomic E-state index is 11.6. The number of esters is 1. The number of hydrogen-bond donors (Lipinski definition) is 1. The van der Waals surface area contributed by atoms with Crippen LogP contribution in [0.2, 0.25) is 0 Å². The molecule has 1 fully saturated rings. The fourth-order valence-electron chi connectivity index (χ4n) is 1.73. The van der Waals surface area contributed by atoms with E-state index >= 15 is 0 Å². The first-order valence-electron chi connectivity index (χ1n) is 5.72. The zero-order valence-electron chi connectivity index (χ0n) is 10.0. The summed E-state index contributed by atoms with van der Waals surface area (Å²) in [7, 11) is 1.62. The lowest BCUT2D eigenvalue weighted by Gasteiger charge is -2.13. The smallest absolute Gasteiger partial charge is 0.310 e. The first-order chi connectivity index (χ1) is 7.75. The third-order valence-corrected chi connectivity index (χ3v) is 2.73. The van der Waals surface area contributed by atoms with Crippen molar-refractivity contribution in [2.75, 3.05) is 40.1 Å². The Hall–Kier alpha value is -0.650. The van der Waals surface area contributed by atoms with Crippen LogP contribution in [0.5, 0.6) is 0 Å². The summed E-state index contributed by atoms with van der Waals surface area (Å²) in [6, 6.07) is 0.224. The van der Waals surface area contributed by atoms with E-state index in [1.165, 1.54) is 0 Å². The van der Waals surface area contributed by atoms with Gasteiger partial charge in [-0.3, -0.25) is 4.79 Å². The van der Waals surface area contributed by atoms with Gasteiger partial charge in [-0.15, -0.1) is 0 Å². The van der Waals surface area contributed by atoms with Gasteiger partial charge in [0.05, 0.1) is 25.7 Å². The molecular formula is C11H21NO4. The maximum Gasteiger partial charge on any atom is 0.310 e. The van der Waals surface area contributed by atoms with E-state index in [4.69, 9.17) is 14.2 Å². The highest BCUT2D eigenvalue weighted by atomic mass is 16.6. The molecule has 0 radical (unpaired) electrons. The van der Waals surface area contributed by atoms with Gasteiger partial charge < -0.3 is 19.5 Å². The number of carbonyl (C=O) groups excluding carboxylic acids is 1. The van der Waals surface area contributed by atoms with Crippen LogP contribution in [-0.2, 0) is 19.0 Å². The Morgan fingerprint density at radius 3 is 2.69 bits per heavy atom. The van der Waals surface area contributed by atoms with E-state index in [9.17, 15) is 4.79 Å². The molecule has 0 bridgehead atoms. The van der Waals surface area contributed by atoms with Crippen LogP contribution in [-0.4, -0.2) is 52.1 Å². The molecule has 1 heterocycles. The van der Waals surface area contributed by atoms with Crippen molar-refractivity contribution >= 4 is 5.97 Å². The van der Waals surface area contributed by atoms with Crippen molar-refractivity contribution in [3.63, 3.8) is 0 Å². The summed E-state index contributed by atoms with van der Waals surface area (Å²) in [5, 5.41) is 3.22. The number of hydrogen-bond acceptors (Lipinski definition) is 5. The fourth-order valence-corrected chi connectivity index (χ4v) is 1.73. The van der Waals surface area contributed by atoms with Crippen LogP contribution < -0.4 is 5.32 Å². The highest BCUT2D eigenvalue weighted by Gasteiger charge is 2.30. The second-order valence-corrected chi connectivity index (χ2v) is 3.91. The number of nitrogens with one attached hydrogen (secondary N) is 1. The Morgan fingerprint density at radius 1 is 1.31 bits per heavy atom. The molecule has 0 saturated carbocycles. The lowest BCUT2D eigenvalue weighted by Crippen LogP contribution is -2.30. The van der Waals surface area contributed by atoms with E-state index in [-0.39, 0.29) is 17.9 Å². The summed E-state index contributed by atoms with van der Waals surface area (Å²) in [5.41, 5.74) is 0.